The number of aromatic nitrogens is 4. The van der Waals surface area contributed by atoms with Crippen LogP contribution in [-0.2, 0) is 6.54 Å². The molecule has 0 aromatic carbocycles. The molecular weight excluding hydrogens is 190 g/mol. The molecule has 0 aliphatic rings. The van der Waals surface area contributed by atoms with Crippen molar-refractivity contribution in [2.45, 2.75) is 20.4 Å². The predicted molar refractivity (Wildman–Crippen MR) is 56.5 cm³/mol. The number of hydrogen-bond donors (Lipinski definition) is 1. The smallest absolute Gasteiger partial charge is 0.235 e. The van der Waals surface area contributed by atoms with Crippen LogP contribution in [0.1, 0.15) is 17.0 Å². The van der Waals surface area contributed by atoms with Crippen molar-refractivity contribution >= 4 is 0 Å². The first-order chi connectivity index (χ1) is 7.22. The van der Waals surface area contributed by atoms with Crippen LogP contribution in [-0.4, -0.2) is 19.5 Å². The van der Waals surface area contributed by atoms with Gasteiger partial charge >= 0.3 is 0 Å². The molecule has 0 saturated carbocycles. The summed E-state index contributed by atoms with van der Waals surface area (Å²) in [5.41, 5.74) is 8.44. The maximum atomic E-state index is 5.47. The molecule has 2 rings (SSSR count). The van der Waals surface area contributed by atoms with E-state index in [0.717, 1.165) is 17.0 Å². The average Bonchev–Trinajstić information content (AvgIpc) is 2.60. The second-order valence-corrected chi connectivity index (χ2v) is 3.38. The van der Waals surface area contributed by atoms with Crippen molar-refractivity contribution in [2.75, 3.05) is 0 Å². The molecule has 5 nitrogen and oxygen atoms in total. The fourth-order valence-corrected chi connectivity index (χ4v) is 1.28. The van der Waals surface area contributed by atoms with Gasteiger partial charge in [-0.3, -0.25) is 4.57 Å². The lowest BCUT2D eigenvalue weighted by Gasteiger charge is -2.03. The Morgan fingerprint density at radius 3 is 2.33 bits per heavy atom. The topological polar surface area (TPSA) is 69.6 Å². The first-order valence-corrected chi connectivity index (χ1v) is 4.74. The molecule has 0 bridgehead atoms. The van der Waals surface area contributed by atoms with Gasteiger partial charge in [0.05, 0.1) is 5.69 Å². The second-order valence-electron chi connectivity index (χ2n) is 3.38. The molecule has 2 N–H and O–H groups in total. The van der Waals surface area contributed by atoms with E-state index in [1.807, 2.05) is 18.4 Å². The van der Waals surface area contributed by atoms with Gasteiger partial charge in [-0.05, 0) is 13.8 Å². The van der Waals surface area contributed by atoms with E-state index in [9.17, 15) is 0 Å². The van der Waals surface area contributed by atoms with E-state index >= 15 is 0 Å². The Morgan fingerprint density at radius 2 is 1.87 bits per heavy atom. The summed E-state index contributed by atoms with van der Waals surface area (Å²) in [6, 6.07) is 0. The van der Waals surface area contributed by atoms with Gasteiger partial charge in [0.1, 0.15) is 6.33 Å². The summed E-state index contributed by atoms with van der Waals surface area (Å²) in [4.78, 5) is 12.6. The van der Waals surface area contributed by atoms with E-state index in [1.165, 1.54) is 0 Å². The molecule has 0 radical (unpaired) electrons. The Bertz CT molecular complexity index is 457. The number of nitrogens with zero attached hydrogens (tertiary/aromatic N) is 4. The number of hydrogen-bond acceptors (Lipinski definition) is 4. The van der Waals surface area contributed by atoms with Crippen LogP contribution in [0.25, 0.3) is 5.95 Å². The molecule has 2 aromatic rings. The summed E-state index contributed by atoms with van der Waals surface area (Å²) in [5, 5.41) is 0. The minimum atomic E-state index is 0.461. The lowest BCUT2D eigenvalue weighted by atomic mass is 10.3. The number of aryl methyl sites for hydroxylation is 1. The van der Waals surface area contributed by atoms with Crippen molar-refractivity contribution in [3.05, 3.63) is 35.7 Å². The molecule has 78 valence electrons. The van der Waals surface area contributed by atoms with E-state index in [0.29, 0.717) is 12.5 Å². The third-order valence-corrected chi connectivity index (χ3v) is 2.39. The summed E-state index contributed by atoms with van der Waals surface area (Å²) in [6.45, 7) is 4.41. The zero-order valence-electron chi connectivity index (χ0n) is 8.81. The van der Waals surface area contributed by atoms with E-state index < -0.39 is 0 Å². The number of nitrogens with two attached hydrogens (primary N) is 1. The maximum absolute atomic E-state index is 5.47. The highest BCUT2D eigenvalue weighted by Crippen LogP contribution is 2.09. The van der Waals surface area contributed by atoms with Gasteiger partial charge in [-0.15, -0.1) is 0 Å². The molecule has 2 heterocycles. The van der Waals surface area contributed by atoms with Crippen LogP contribution in [0.3, 0.4) is 0 Å². The van der Waals surface area contributed by atoms with Crippen molar-refractivity contribution in [2.24, 2.45) is 5.73 Å². The van der Waals surface area contributed by atoms with Gasteiger partial charge in [0, 0.05) is 30.2 Å². The quantitative estimate of drug-likeness (QED) is 0.781. The Kier molecular flexibility index (Phi) is 2.47. The molecule has 0 amide bonds. The monoisotopic (exact) mass is 203 g/mol. The zero-order valence-corrected chi connectivity index (χ0v) is 8.81. The van der Waals surface area contributed by atoms with Gasteiger partial charge in [-0.25, -0.2) is 15.0 Å². The molecule has 0 spiro atoms. The van der Waals surface area contributed by atoms with Gasteiger partial charge < -0.3 is 5.73 Å². The van der Waals surface area contributed by atoms with Crippen LogP contribution in [0.4, 0.5) is 0 Å². The molecule has 0 fully saturated rings. The minimum absolute atomic E-state index is 0.461. The van der Waals surface area contributed by atoms with Crippen LogP contribution in [0.5, 0.6) is 0 Å². The van der Waals surface area contributed by atoms with Crippen molar-refractivity contribution in [3.63, 3.8) is 0 Å². The molecule has 0 atom stereocenters. The summed E-state index contributed by atoms with van der Waals surface area (Å²) in [7, 11) is 0. The fraction of sp³-hybridized carbons (Fsp3) is 0.300. The van der Waals surface area contributed by atoms with E-state index in [4.69, 9.17) is 5.73 Å². The van der Waals surface area contributed by atoms with Crippen LogP contribution in [0.2, 0.25) is 0 Å². The highest BCUT2D eigenvalue weighted by molar-refractivity contribution is 5.21. The first kappa shape index (κ1) is 9.79. The van der Waals surface area contributed by atoms with E-state index in [2.05, 4.69) is 15.0 Å². The molecule has 2 aromatic heterocycles. The largest absolute Gasteiger partial charge is 0.326 e. The minimum Gasteiger partial charge on any atom is -0.326 e. The lowest BCUT2D eigenvalue weighted by molar-refractivity contribution is 0.877. The first-order valence-electron chi connectivity index (χ1n) is 4.74. The summed E-state index contributed by atoms with van der Waals surface area (Å²) >= 11 is 0. The van der Waals surface area contributed by atoms with Crippen molar-refractivity contribution in [3.8, 4) is 5.95 Å². The zero-order chi connectivity index (χ0) is 10.8. The summed E-state index contributed by atoms with van der Waals surface area (Å²) in [6.07, 6.45) is 5.19. The second kappa shape index (κ2) is 3.78. The van der Waals surface area contributed by atoms with Gasteiger partial charge in [0.15, 0.2) is 0 Å². The highest BCUT2D eigenvalue weighted by Gasteiger charge is 2.05. The molecule has 15 heavy (non-hydrogen) atoms. The number of rotatable bonds is 2. The molecule has 0 aliphatic carbocycles. The van der Waals surface area contributed by atoms with Gasteiger partial charge in [-0.1, -0.05) is 0 Å². The van der Waals surface area contributed by atoms with Crippen molar-refractivity contribution in [1.82, 2.24) is 19.5 Å². The van der Waals surface area contributed by atoms with Crippen LogP contribution >= 0.6 is 0 Å². The van der Waals surface area contributed by atoms with Gasteiger partial charge in [-0.2, -0.15) is 0 Å². The third kappa shape index (κ3) is 1.73. The number of imidazole rings is 1. The maximum Gasteiger partial charge on any atom is 0.235 e. The Labute approximate surface area is 88.0 Å². The van der Waals surface area contributed by atoms with Crippen molar-refractivity contribution < 1.29 is 0 Å². The van der Waals surface area contributed by atoms with Crippen molar-refractivity contribution in [1.29, 1.82) is 0 Å². The fourth-order valence-electron chi connectivity index (χ4n) is 1.28. The van der Waals surface area contributed by atoms with Gasteiger partial charge in [0.25, 0.3) is 0 Å². The predicted octanol–water partition coefficient (Wildman–Crippen LogP) is 0.738. The third-order valence-electron chi connectivity index (χ3n) is 2.39. The Hall–Kier alpha value is -1.75. The highest BCUT2D eigenvalue weighted by atomic mass is 15.2. The molecule has 0 unspecified atom stereocenters. The molecule has 0 aliphatic heterocycles. The normalized spacial score (nSPS) is 10.6. The summed E-state index contributed by atoms with van der Waals surface area (Å²) < 4.78 is 1.86. The van der Waals surface area contributed by atoms with Crippen LogP contribution < -0.4 is 5.73 Å². The Morgan fingerprint density at radius 1 is 1.20 bits per heavy atom. The lowest BCUT2D eigenvalue weighted by Crippen LogP contribution is -2.04. The average molecular weight is 203 g/mol. The molecular formula is C10H13N5. The summed E-state index contributed by atoms with van der Waals surface area (Å²) in [5.74, 6) is 0.630. The van der Waals surface area contributed by atoms with Crippen LogP contribution in [0, 0.1) is 13.8 Å². The SMILES string of the molecule is Cc1ncn(-c2ncc(CN)cn2)c1C. The van der Waals surface area contributed by atoms with Gasteiger partial charge in [0.2, 0.25) is 5.95 Å². The molecule has 5 heteroatoms. The van der Waals surface area contributed by atoms with Crippen LogP contribution in [0.15, 0.2) is 18.7 Å². The Balaban J connectivity index is 2.41. The standard InChI is InChI=1S/C10H13N5/c1-7-8(2)15(6-14-7)10-12-4-9(3-11)5-13-10/h4-6H,3,11H2,1-2H3. The molecule has 0 saturated heterocycles. The van der Waals surface area contributed by atoms with E-state index in [1.54, 1.807) is 18.7 Å². The van der Waals surface area contributed by atoms with E-state index in [-0.39, 0.29) is 0 Å².